The molecule has 0 radical (unpaired) electrons. The van der Waals surface area contributed by atoms with Crippen LogP contribution >= 0.6 is 0 Å². The van der Waals surface area contributed by atoms with Crippen LogP contribution in [-0.4, -0.2) is 30.6 Å². The van der Waals surface area contributed by atoms with Crippen LogP contribution in [0.4, 0.5) is 0 Å². The lowest BCUT2D eigenvalue weighted by Crippen LogP contribution is -2.23. The summed E-state index contributed by atoms with van der Waals surface area (Å²) in [5, 5.41) is 0. The number of hydrogen-bond acceptors (Lipinski definition) is 4. The molecule has 0 amide bonds. The number of ketones is 1. The van der Waals surface area contributed by atoms with E-state index < -0.39 is 5.79 Å². The van der Waals surface area contributed by atoms with E-state index in [0.29, 0.717) is 18.6 Å². The van der Waals surface area contributed by atoms with Crippen molar-refractivity contribution in [1.82, 2.24) is 0 Å². The fourth-order valence-corrected chi connectivity index (χ4v) is 3.39. The molecule has 0 unspecified atom stereocenters. The number of benzene rings is 1. The van der Waals surface area contributed by atoms with Gasteiger partial charge in [-0.15, -0.1) is 0 Å². The predicted octanol–water partition coefficient (Wildman–Crippen LogP) is 2.47. The van der Waals surface area contributed by atoms with Crippen molar-refractivity contribution in [1.29, 1.82) is 0 Å². The standard InChI is InChI=1S/C17H20O4/c1-17(2)20-10-13(21-17)14-12(8-9-18)15(14)16(19)11-6-4-3-5-7-11/h3-7,9,12-15H,8,10H2,1-2H3/t12-,13-,14-,15+/m0/s1. The fourth-order valence-electron chi connectivity index (χ4n) is 3.39. The van der Waals surface area contributed by atoms with Crippen LogP contribution in [0.15, 0.2) is 30.3 Å². The molecule has 1 aromatic carbocycles. The van der Waals surface area contributed by atoms with Gasteiger partial charge in [0.25, 0.3) is 0 Å². The van der Waals surface area contributed by atoms with Crippen LogP contribution in [0.2, 0.25) is 0 Å². The van der Waals surface area contributed by atoms with E-state index in [1.807, 2.05) is 44.2 Å². The molecule has 1 heterocycles. The Labute approximate surface area is 124 Å². The summed E-state index contributed by atoms with van der Waals surface area (Å²) >= 11 is 0. The second-order valence-corrected chi connectivity index (χ2v) is 6.27. The lowest BCUT2D eigenvalue weighted by molar-refractivity contribution is -0.141. The zero-order chi connectivity index (χ0) is 15.0. The second-order valence-electron chi connectivity index (χ2n) is 6.27. The Balaban J connectivity index is 1.75. The number of ether oxygens (including phenoxy) is 2. The van der Waals surface area contributed by atoms with E-state index in [1.165, 1.54) is 0 Å². The first-order valence-corrected chi connectivity index (χ1v) is 7.38. The zero-order valence-electron chi connectivity index (χ0n) is 12.3. The van der Waals surface area contributed by atoms with E-state index in [2.05, 4.69) is 0 Å². The van der Waals surface area contributed by atoms with Crippen molar-refractivity contribution in [2.24, 2.45) is 17.8 Å². The Bertz CT molecular complexity index is 537. The van der Waals surface area contributed by atoms with Crippen molar-refractivity contribution in [3.8, 4) is 0 Å². The van der Waals surface area contributed by atoms with E-state index in [1.54, 1.807) is 0 Å². The molecule has 1 aliphatic carbocycles. The van der Waals surface area contributed by atoms with E-state index in [9.17, 15) is 9.59 Å². The number of Topliss-reactive ketones (excluding diaryl/α,β-unsaturated/α-hetero) is 1. The van der Waals surface area contributed by atoms with E-state index in [-0.39, 0.29) is 29.6 Å². The van der Waals surface area contributed by atoms with Crippen LogP contribution in [0.25, 0.3) is 0 Å². The molecule has 3 rings (SSSR count). The molecule has 4 nitrogen and oxygen atoms in total. The minimum Gasteiger partial charge on any atom is -0.348 e. The smallest absolute Gasteiger partial charge is 0.166 e. The molecular weight excluding hydrogens is 268 g/mol. The van der Waals surface area contributed by atoms with Gasteiger partial charge in [0, 0.05) is 23.8 Å². The number of carbonyl (C=O) groups excluding carboxylic acids is 2. The molecule has 0 N–H and O–H groups in total. The van der Waals surface area contributed by atoms with Gasteiger partial charge in [-0.05, 0) is 19.8 Å². The molecule has 4 atom stereocenters. The number of aldehydes is 1. The molecule has 2 aliphatic rings. The molecule has 1 aromatic rings. The van der Waals surface area contributed by atoms with Crippen molar-refractivity contribution < 1.29 is 19.1 Å². The zero-order valence-corrected chi connectivity index (χ0v) is 12.3. The third-order valence-electron chi connectivity index (χ3n) is 4.42. The van der Waals surface area contributed by atoms with Crippen molar-refractivity contribution in [2.45, 2.75) is 32.2 Å². The minimum atomic E-state index is -0.598. The Morgan fingerprint density at radius 2 is 2.05 bits per heavy atom. The number of carbonyl (C=O) groups is 2. The third kappa shape index (κ3) is 2.78. The summed E-state index contributed by atoms with van der Waals surface area (Å²) in [5.74, 6) is -0.442. The van der Waals surface area contributed by atoms with Gasteiger partial charge in [-0.25, -0.2) is 0 Å². The van der Waals surface area contributed by atoms with Gasteiger partial charge in [0.15, 0.2) is 11.6 Å². The first-order valence-electron chi connectivity index (χ1n) is 7.38. The summed E-state index contributed by atoms with van der Waals surface area (Å²) in [6, 6.07) is 9.26. The summed E-state index contributed by atoms with van der Waals surface area (Å²) in [7, 11) is 0. The van der Waals surface area contributed by atoms with Gasteiger partial charge < -0.3 is 14.3 Å². The van der Waals surface area contributed by atoms with Crippen LogP contribution in [0.1, 0.15) is 30.6 Å². The lowest BCUT2D eigenvalue weighted by Gasteiger charge is -2.17. The first kappa shape index (κ1) is 14.4. The molecular formula is C17H20O4. The summed E-state index contributed by atoms with van der Waals surface area (Å²) in [6.45, 7) is 4.24. The SMILES string of the molecule is CC1(C)OC[C@@H]([C@@H]2[C@H](CC=O)[C@H]2C(=O)c2ccccc2)O1. The maximum atomic E-state index is 12.6. The minimum absolute atomic E-state index is 0.0812. The third-order valence-corrected chi connectivity index (χ3v) is 4.42. The highest BCUT2D eigenvalue weighted by Gasteiger charge is 2.60. The average Bonchev–Trinajstić information content (AvgIpc) is 3.06. The molecule has 1 saturated heterocycles. The number of hydrogen-bond donors (Lipinski definition) is 0. The van der Waals surface area contributed by atoms with Crippen LogP contribution in [0.5, 0.6) is 0 Å². The van der Waals surface area contributed by atoms with Crippen molar-refractivity contribution in [2.75, 3.05) is 6.61 Å². The summed E-state index contributed by atoms with van der Waals surface area (Å²) in [5.41, 5.74) is 0.707. The highest BCUT2D eigenvalue weighted by molar-refractivity contribution is 6.00. The average molecular weight is 288 g/mol. The fraction of sp³-hybridized carbons (Fsp3) is 0.529. The number of rotatable bonds is 5. The summed E-state index contributed by atoms with van der Waals surface area (Å²) in [4.78, 5) is 23.5. The van der Waals surface area contributed by atoms with Crippen LogP contribution in [-0.2, 0) is 14.3 Å². The van der Waals surface area contributed by atoms with Gasteiger partial charge in [-0.2, -0.15) is 0 Å². The van der Waals surface area contributed by atoms with Crippen molar-refractivity contribution >= 4 is 12.1 Å². The van der Waals surface area contributed by atoms with Gasteiger partial charge in [-0.3, -0.25) is 4.79 Å². The topological polar surface area (TPSA) is 52.6 Å². The van der Waals surface area contributed by atoms with Gasteiger partial charge in [0.1, 0.15) is 6.29 Å². The molecule has 0 spiro atoms. The molecule has 21 heavy (non-hydrogen) atoms. The Morgan fingerprint density at radius 3 is 2.62 bits per heavy atom. The predicted molar refractivity (Wildman–Crippen MR) is 76.8 cm³/mol. The molecule has 2 fully saturated rings. The van der Waals surface area contributed by atoms with Gasteiger partial charge in [0.2, 0.25) is 0 Å². The molecule has 0 aromatic heterocycles. The van der Waals surface area contributed by atoms with E-state index >= 15 is 0 Å². The van der Waals surface area contributed by atoms with Crippen LogP contribution in [0, 0.1) is 17.8 Å². The Morgan fingerprint density at radius 1 is 1.33 bits per heavy atom. The Kier molecular flexibility index (Phi) is 3.68. The van der Waals surface area contributed by atoms with Crippen molar-refractivity contribution in [3.63, 3.8) is 0 Å². The van der Waals surface area contributed by atoms with Crippen molar-refractivity contribution in [3.05, 3.63) is 35.9 Å². The normalized spacial score (nSPS) is 33.6. The quantitative estimate of drug-likeness (QED) is 0.617. The molecule has 112 valence electrons. The van der Waals surface area contributed by atoms with Gasteiger partial charge in [0.05, 0.1) is 12.7 Å². The van der Waals surface area contributed by atoms with Gasteiger partial charge in [-0.1, -0.05) is 30.3 Å². The monoisotopic (exact) mass is 288 g/mol. The second kappa shape index (κ2) is 5.35. The summed E-state index contributed by atoms with van der Waals surface area (Å²) < 4.78 is 11.5. The maximum absolute atomic E-state index is 12.6. The Hall–Kier alpha value is -1.52. The van der Waals surface area contributed by atoms with Crippen LogP contribution < -0.4 is 0 Å². The first-order chi connectivity index (χ1) is 10.0. The van der Waals surface area contributed by atoms with E-state index in [0.717, 1.165) is 6.29 Å². The van der Waals surface area contributed by atoms with Gasteiger partial charge >= 0.3 is 0 Å². The highest BCUT2D eigenvalue weighted by atomic mass is 16.7. The maximum Gasteiger partial charge on any atom is 0.166 e. The van der Waals surface area contributed by atoms with E-state index in [4.69, 9.17) is 9.47 Å². The highest BCUT2D eigenvalue weighted by Crippen LogP contribution is 2.54. The molecule has 1 saturated carbocycles. The molecule has 0 bridgehead atoms. The van der Waals surface area contributed by atoms with Crippen LogP contribution in [0.3, 0.4) is 0 Å². The molecule has 4 heteroatoms. The summed E-state index contributed by atoms with van der Waals surface area (Å²) in [6.07, 6.45) is 1.22. The largest absolute Gasteiger partial charge is 0.348 e. The molecule has 1 aliphatic heterocycles. The lowest BCUT2D eigenvalue weighted by atomic mass is 10.0.